The number of primary amides is 1. The summed E-state index contributed by atoms with van der Waals surface area (Å²) >= 11 is 1.36. The Morgan fingerprint density at radius 1 is 1.32 bits per heavy atom. The first kappa shape index (κ1) is 17.4. The summed E-state index contributed by atoms with van der Waals surface area (Å²) < 4.78 is 6.23. The van der Waals surface area contributed by atoms with E-state index < -0.39 is 11.9 Å². The van der Waals surface area contributed by atoms with Crippen molar-refractivity contribution in [2.24, 2.45) is 11.7 Å². The number of thiophene rings is 1. The number of carbonyl (C=O) groups excluding carboxylic acids is 3. The van der Waals surface area contributed by atoms with Crippen molar-refractivity contribution in [3.8, 4) is 0 Å². The molecule has 0 bridgehead atoms. The molecule has 1 atom stereocenters. The summed E-state index contributed by atoms with van der Waals surface area (Å²) in [6, 6.07) is 7.75. The number of esters is 1. The highest BCUT2D eigenvalue weighted by molar-refractivity contribution is 7.21. The molecule has 3 rings (SSSR count). The molecule has 1 saturated heterocycles. The molecule has 1 aliphatic heterocycles. The Kier molecular flexibility index (Phi) is 5.03. The van der Waals surface area contributed by atoms with Crippen molar-refractivity contribution in [3.63, 3.8) is 0 Å². The van der Waals surface area contributed by atoms with Gasteiger partial charge < -0.3 is 15.4 Å². The fraction of sp³-hybridized carbons (Fsp3) is 0.389. The van der Waals surface area contributed by atoms with Gasteiger partial charge in [0.15, 0.2) is 6.61 Å². The Bertz CT molecular complexity index is 830. The molecular weight excluding hydrogens is 340 g/mol. The van der Waals surface area contributed by atoms with E-state index in [2.05, 4.69) is 0 Å². The van der Waals surface area contributed by atoms with Crippen molar-refractivity contribution in [3.05, 3.63) is 34.7 Å². The van der Waals surface area contributed by atoms with Crippen LogP contribution in [0.15, 0.2) is 24.3 Å². The average molecular weight is 360 g/mol. The zero-order chi connectivity index (χ0) is 18.0. The van der Waals surface area contributed by atoms with Crippen LogP contribution >= 0.6 is 11.3 Å². The summed E-state index contributed by atoms with van der Waals surface area (Å²) in [6.45, 7) is 2.41. The molecule has 1 fully saturated rings. The Morgan fingerprint density at radius 3 is 2.80 bits per heavy atom. The smallest absolute Gasteiger partial charge is 0.349 e. The first-order valence-corrected chi connectivity index (χ1v) is 9.01. The van der Waals surface area contributed by atoms with Gasteiger partial charge in [-0.3, -0.25) is 9.59 Å². The number of fused-ring (bicyclic) bond motifs is 1. The number of piperidine rings is 1. The predicted molar refractivity (Wildman–Crippen MR) is 95.3 cm³/mol. The van der Waals surface area contributed by atoms with Crippen molar-refractivity contribution in [1.29, 1.82) is 0 Å². The lowest BCUT2D eigenvalue weighted by molar-refractivity contribution is -0.137. The highest BCUT2D eigenvalue weighted by Gasteiger charge is 2.27. The first-order valence-electron chi connectivity index (χ1n) is 8.19. The molecule has 0 spiro atoms. The maximum atomic E-state index is 12.3. The molecule has 1 aliphatic rings. The van der Waals surface area contributed by atoms with Gasteiger partial charge in [0.2, 0.25) is 5.91 Å². The number of carbonyl (C=O) groups is 3. The molecule has 0 radical (unpaired) electrons. The number of hydrogen-bond donors (Lipinski definition) is 1. The van der Waals surface area contributed by atoms with Crippen LogP contribution in [-0.4, -0.2) is 42.4 Å². The number of benzene rings is 1. The number of amides is 2. The minimum absolute atomic E-state index is 0.293. The van der Waals surface area contributed by atoms with Crippen molar-refractivity contribution in [1.82, 2.24) is 4.90 Å². The fourth-order valence-electron chi connectivity index (χ4n) is 3.09. The van der Waals surface area contributed by atoms with Crippen LogP contribution in [0.3, 0.4) is 0 Å². The average Bonchev–Trinajstić information content (AvgIpc) is 2.96. The number of nitrogens with zero attached hydrogens (tertiary/aromatic N) is 1. The van der Waals surface area contributed by atoms with Crippen LogP contribution in [-0.2, 0) is 14.3 Å². The largest absolute Gasteiger partial charge is 0.451 e. The van der Waals surface area contributed by atoms with Gasteiger partial charge in [-0.2, -0.15) is 0 Å². The van der Waals surface area contributed by atoms with Crippen LogP contribution < -0.4 is 5.73 Å². The van der Waals surface area contributed by atoms with Gasteiger partial charge >= 0.3 is 5.97 Å². The molecule has 2 N–H and O–H groups in total. The van der Waals surface area contributed by atoms with Gasteiger partial charge in [-0.05, 0) is 36.8 Å². The minimum Gasteiger partial charge on any atom is -0.451 e. The van der Waals surface area contributed by atoms with E-state index >= 15 is 0 Å². The third kappa shape index (κ3) is 3.66. The molecule has 132 valence electrons. The summed E-state index contributed by atoms with van der Waals surface area (Å²) in [4.78, 5) is 38.0. The molecule has 7 heteroatoms. The molecule has 0 saturated carbocycles. The van der Waals surface area contributed by atoms with E-state index in [9.17, 15) is 14.4 Å². The minimum atomic E-state index is -0.490. The molecule has 2 heterocycles. The van der Waals surface area contributed by atoms with E-state index in [-0.39, 0.29) is 18.4 Å². The standard InChI is InChI=1S/C18H20N2O4S/c1-11-13-6-2-3-7-14(13)25-16(11)18(23)24-10-15(21)20-8-4-5-12(9-20)17(19)22/h2-3,6-7,12H,4-5,8-10H2,1H3,(H2,19,22)/t12-/m0/s1. The predicted octanol–water partition coefficient (Wildman–Crippen LogP) is 2.09. The van der Waals surface area contributed by atoms with Crippen molar-refractivity contribution in [2.75, 3.05) is 19.7 Å². The Labute approximate surface area is 149 Å². The van der Waals surface area contributed by atoms with E-state index in [1.54, 1.807) is 4.90 Å². The van der Waals surface area contributed by atoms with Gasteiger partial charge in [0.05, 0.1) is 5.92 Å². The van der Waals surface area contributed by atoms with E-state index in [1.165, 1.54) is 11.3 Å². The summed E-state index contributed by atoms with van der Waals surface area (Å²) in [7, 11) is 0. The first-order chi connectivity index (χ1) is 12.0. The van der Waals surface area contributed by atoms with E-state index in [4.69, 9.17) is 10.5 Å². The normalized spacial score (nSPS) is 17.5. The number of ether oxygens (including phenoxy) is 1. The number of nitrogens with two attached hydrogens (primary N) is 1. The van der Waals surface area contributed by atoms with Crippen LogP contribution in [0.4, 0.5) is 0 Å². The molecule has 6 nitrogen and oxygen atoms in total. The van der Waals surface area contributed by atoms with E-state index in [1.807, 2.05) is 31.2 Å². The molecule has 2 aromatic rings. The fourth-order valence-corrected chi connectivity index (χ4v) is 4.19. The second-order valence-corrected chi connectivity index (χ2v) is 7.26. The highest BCUT2D eigenvalue weighted by atomic mass is 32.1. The van der Waals surface area contributed by atoms with Crippen molar-refractivity contribution >= 4 is 39.2 Å². The molecule has 2 amide bonds. The van der Waals surface area contributed by atoms with Crippen LogP contribution in [0.1, 0.15) is 28.1 Å². The van der Waals surface area contributed by atoms with E-state index in [0.717, 1.165) is 22.1 Å². The molecule has 0 aliphatic carbocycles. The second-order valence-electron chi connectivity index (χ2n) is 6.21. The summed E-state index contributed by atoms with van der Waals surface area (Å²) in [5.74, 6) is -1.50. The third-order valence-electron chi connectivity index (χ3n) is 4.53. The second kappa shape index (κ2) is 7.23. The van der Waals surface area contributed by atoms with Crippen molar-refractivity contribution < 1.29 is 19.1 Å². The Morgan fingerprint density at radius 2 is 2.08 bits per heavy atom. The van der Waals surface area contributed by atoms with E-state index in [0.29, 0.717) is 24.4 Å². The highest BCUT2D eigenvalue weighted by Crippen LogP contribution is 2.31. The van der Waals surface area contributed by atoms with Crippen LogP contribution in [0, 0.1) is 12.8 Å². The number of likely N-dealkylation sites (tertiary alicyclic amines) is 1. The van der Waals surface area contributed by atoms with Crippen LogP contribution in [0.25, 0.3) is 10.1 Å². The number of aryl methyl sites for hydroxylation is 1. The number of rotatable bonds is 4. The quantitative estimate of drug-likeness (QED) is 0.846. The molecule has 0 unspecified atom stereocenters. The number of hydrogen-bond acceptors (Lipinski definition) is 5. The summed E-state index contributed by atoms with van der Waals surface area (Å²) in [5.41, 5.74) is 6.19. The van der Waals surface area contributed by atoms with Gasteiger partial charge in [-0.1, -0.05) is 18.2 Å². The van der Waals surface area contributed by atoms with Gasteiger partial charge in [0, 0.05) is 17.8 Å². The van der Waals surface area contributed by atoms with Crippen LogP contribution in [0.5, 0.6) is 0 Å². The molecule has 1 aromatic carbocycles. The molecule has 1 aromatic heterocycles. The maximum Gasteiger partial charge on any atom is 0.349 e. The van der Waals surface area contributed by atoms with Gasteiger partial charge in [0.1, 0.15) is 4.88 Å². The van der Waals surface area contributed by atoms with Gasteiger partial charge in [0.25, 0.3) is 5.91 Å². The monoisotopic (exact) mass is 360 g/mol. The Hall–Kier alpha value is -2.41. The maximum absolute atomic E-state index is 12.3. The van der Waals surface area contributed by atoms with Gasteiger partial charge in [-0.15, -0.1) is 11.3 Å². The van der Waals surface area contributed by atoms with Crippen molar-refractivity contribution in [2.45, 2.75) is 19.8 Å². The summed E-state index contributed by atoms with van der Waals surface area (Å²) in [5, 5.41) is 1.02. The van der Waals surface area contributed by atoms with Crippen LogP contribution in [0.2, 0.25) is 0 Å². The summed E-state index contributed by atoms with van der Waals surface area (Å²) in [6.07, 6.45) is 1.42. The van der Waals surface area contributed by atoms with Gasteiger partial charge in [-0.25, -0.2) is 4.79 Å². The molecule has 25 heavy (non-hydrogen) atoms. The lowest BCUT2D eigenvalue weighted by Crippen LogP contribution is -2.45. The zero-order valence-corrected chi connectivity index (χ0v) is 14.8. The Balaban J connectivity index is 1.62. The SMILES string of the molecule is Cc1c(C(=O)OCC(=O)N2CCC[C@H](C(N)=O)C2)sc2ccccc12. The lowest BCUT2D eigenvalue weighted by Gasteiger charge is -2.31. The lowest BCUT2D eigenvalue weighted by atomic mass is 9.97. The molecular formula is C18H20N2O4S. The third-order valence-corrected chi connectivity index (χ3v) is 5.79. The topological polar surface area (TPSA) is 89.7 Å². The zero-order valence-electron chi connectivity index (χ0n) is 14.0.